The van der Waals surface area contributed by atoms with E-state index < -0.39 is 0 Å². The molecule has 5 heteroatoms. The zero-order valence-corrected chi connectivity index (χ0v) is 10.4. The van der Waals surface area contributed by atoms with E-state index in [1.165, 1.54) is 7.11 Å². The van der Waals surface area contributed by atoms with Crippen molar-refractivity contribution in [3.63, 3.8) is 0 Å². The lowest BCUT2D eigenvalue weighted by Gasteiger charge is -2.07. The molecule has 0 aliphatic carbocycles. The van der Waals surface area contributed by atoms with Crippen molar-refractivity contribution in [3.05, 3.63) is 35.9 Å². The molecule has 0 unspecified atom stereocenters. The maximum absolute atomic E-state index is 11.4. The van der Waals surface area contributed by atoms with Crippen LogP contribution in [-0.2, 0) is 16.1 Å². The number of hydrogen-bond donors (Lipinski definition) is 2. The summed E-state index contributed by atoms with van der Waals surface area (Å²) in [6.07, 6.45) is 0.890. The zero-order valence-electron chi connectivity index (χ0n) is 10.4. The van der Waals surface area contributed by atoms with Gasteiger partial charge in [-0.3, -0.25) is 4.79 Å². The topological polar surface area (TPSA) is 67.4 Å². The molecule has 0 saturated carbocycles. The second-order valence-corrected chi connectivity index (χ2v) is 3.77. The summed E-state index contributed by atoms with van der Waals surface area (Å²) in [5, 5.41) is 5.41. The Hall–Kier alpha value is -2.04. The van der Waals surface area contributed by atoms with Crippen LogP contribution in [0.2, 0.25) is 0 Å². The van der Waals surface area contributed by atoms with E-state index >= 15 is 0 Å². The van der Waals surface area contributed by atoms with Crippen molar-refractivity contribution in [2.24, 2.45) is 0 Å². The molecule has 0 bridgehead atoms. The van der Waals surface area contributed by atoms with Gasteiger partial charge in [-0.25, -0.2) is 4.79 Å². The van der Waals surface area contributed by atoms with Crippen LogP contribution in [0.1, 0.15) is 18.4 Å². The van der Waals surface area contributed by atoms with Gasteiger partial charge in [0.05, 0.1) is 7.11 Å². The number of ether oxygens (including phenoxy) is 1. The molecule has 18 heavy (non-hydrogen) atoms. The van der Waals surface area contributed by atoms with Gasteiger partial charge in [-0.15, -0.1) is 0 Å². The minimum Gasteiger partial charge on any atom is -0.469 e. The van der Waals surface area contributed by atoms with Crippen LogP contribution >= 0.6 is 0 Å². The first kappa shape index (κ1) is 14.0. The number of carbonyl (C=O) groups excluding carboxylic acids is 2. The Morgan fingerprint density at radius 2 is 1.89 bits per heavy atom. The molecule has 1 aromatic carbocycles. The number of hydrogen-bond acceptors (Lipinski definition) is 3. The van der Waals surface area contributed by atoms with Crippen LogP contribution in [0.15, 0.2) is 30.3 Å². The van der Waals surface area contributed by atoms with Gasteiger partial charge in [0.25, 0.3) is 0 Å². The fourth-order valence-corrected chi connectivity index (χ4v) is 1.38. The average Bonchev–Trinajstić information content (AvgIpc) is 2.42. The van der Waals surface area contributed by atoms with Crippen LogP contribution in [0.5, 0.6) is 0 Å². The third-order valence-electron chi connectivity index (χ3n) is 2.37. The standard InChI is InChI=1S/C13H18N2O3/c1-18-12(16)8-5-9-14-13(17)15-10-11-6-3-2-4-7-11/h2-4,6-7H,5,8-10H2,1H3,(H2,14,15,17). The number of methoxy groups -OCH3 is 1. The van der Waals surface area contributed by atoms with Gasteiger partial charge >= 0.3 is 12.0 Å². The molecule has 0 fully saturated rings. The molecule has 1 aromatic rings. The van der Waals surface area contributed by atoms with E-state index in [-0.39, 0.29) is 12.0 Å². The van der Waals surface area contributed by atoms with E-state index in [2.05, 4.69) is 15.4 Å². The first-order valence-corrected chi connectivity index (χ1v) is 5.85. The van der Waals surface area contributed by atoms with Gasteiger partial charge in [0.1, 0.15) is 0 Å². The van der Waals surface area contributed by atoms with E-state index in [0.717, 1.165) is 5.56 Å². The van der Waals surface area contributed by atoms with Gasteiger partial charge in [-0.1, -0.05) is 30.3 Å². The molecule has 0 saturated heterocycles. The molecule has 98 valence electrons. The zero-order chi connectivity index (χ0) is 13.2. The van der Waals surface area contributed by atoms with Crippen LogP contribution in [-0.4, -0.2) is 25.7 Å². The third-order valence-corrected chi connectivity index (χ3v) is 2.37. The molecule has 0 aliphatic rings. The van der Waals surface area contributed by atoms with E-state index in [1.54, 1.807) is 0 Å². The number of carbonyl (C=O) groups is 2. The van der Waals surface area contributed by atoms with Crippen LogP contribution in [0.25, 0.3) is 0 Å². The summed E-state index contributed by atoms with van der Waals surface area (Å²) in [6, 6.07) is 9.42. The molecule has 0 spiro atoms. The molecular weight excluding hydrogens is 232 g/mol. The first-order valence-electron chi connectivity index (χ1n) is 5.85. The van der Waals surface area contributed by atoms with Crippen LogP contribution in [0, 0.1) is 0 Å². The monoisotopic (exact) mass is 250 g/mol. The first-order chi connectivity index (χ1) is 8.72. The lowest BCUT2D eigenvalue weighted by molar-refractivity contribution is -0.140. The quantitative estimate of drug-likeness (QED) is 0.593. The lowest BCUT2D eigenvalue weighted by Crippen LogP contribution is -2.35. The number of benzene rings is 1. The summed E-state index contributed by atoms with van der Waals surface area (Å²) in [5.74, 6) is -0.263. The number of nitrogens with one attached hydrogen (secondary N) is 2. The van der Waals surface area contributed by atoms with Crippen molar-refractivity contribution in [1.82, 2.24) is 10.6 Å². The highest BCUT2D eigenvalue weighted by Gasteiger charge is 2.02. The van der Waals surface area contributed by atoms with Crippen LogP contribution in [0.4, 0.5) is 4.79 Å². The minimum absolute atomic E-state index is 0.233. The van der Waals surface area contributed by atoms with Gasteiger partial charge in [0.15, 0.2) is 0 Å². The number of esters is 1. The van der Waals surface area contributed by atoms with E-state index in [1.807, 2.05) is 30.3 Å². The summed E-state index contributed by atoms with van der Waals surface area (Å²) < 4.78 is 4.50. The molecule has 2 amide bonds. The normalized spacial score (nSPS) is 9.61. The summed E-state index contributed by atoms with van der Waals surface area (Å²) in [5.41, 5.74) is 1.04. The summed E-state index contributed by atoms with van der Waals surface area (Å²) in [4.78, 5) is 22.2. The Kier molecular flexibility index (Phi) is 6.32. The fraction of sp³-hybridized carbons (Fsp3) is 0.385. The SMILES string of the molecule is COC(=O)CCCNC(=O)NCc1ccccc1. The maximum atomic E-state index is 11.4. The van der Waals surface area contributed by atoms with E-state index in [9.17, 15) is 9.59 Å². The summed E-state index contributed by atoms with van der Waals surface area (Å²) in [7, 11) is 1.35. The Labute approximate surface area is 107 Å². The summed E-state index contributed by atoms with van der Waals surface area (Å²) >= 11 is 0. The van der Waals surface area contributed by atoms with Crippen LogP contribution < -0.4 is 10.6 Å². The van der Waals surface area contributed by atoms with Gasteiger partial charge in [0, 0.05) is 19.5 Å². The molecule has 0 atom stereocenters. The van der Waals surface area contributed by atoms with E-state index in [4.69, 9.17) is 0 Å². The molecular formula is C13H18N2O3. The number of rotatable bonds is 6. The predicted octanol–water partition coefficient (Wildman–Crippen LogP) is 1.44. The molecule has 0 aromatic heterocycles. The highest BCUT2D eigenvalue weighted by molar-refractivity contribution is 5.74. The Bertz CT molecular complexity index is 379. The van der Waals surface area contributed by atoms with Crippen molar-refractivity contribution < 1.29 is 14.3 Å². The largest absolute Gasteiger partial charge is 0.469 e. The predicted molar refractivity (Wildman–Crippen MR) is 67.9 cm³/mol. The van der Waals surface area contributed by atoms with Gasteiger partial charge in [0.2, 0.25) is 0 Å². The molecule has 0 heterocycles. The Morgan fingerprint density at radius 3 is 2.56 bits per heavy atom. The fourth-order valence-electron chi connectivity index (χ4n) is 1.38. The molecule has 0 aliphatic heterocycles. The van der Waals surface area contributed by atoms with Crippen molar-refractivity contribution in [2.45, 2.75) is 19.4 Å². The lowest BCUT2D eigenvalue weighted by atomic mass is 10.2. The highest BCUT2D eigenvalue weighted by atomic mass is 16.5. The Balaban J connectivity index is 2.09. The second kappa shape index (κ2) is 8.11. The average molecular weight is 250 g/mol. The third kappa shape index (κ3) is 5.89. The van der Waals surface area contributed by atoms with Gasteiger partial charge in [-0.05, 0) is 12.0 Å². The van der Waals surface area contributed by atoms with E-state index in [0.29, 0.717) is 25.9 Å². The minimum atomic E-state index is -0.263. The van der Waals surface area contributed by atoms with Crippen molar-refractivity contribution >= 4 is 12.0 Å². The van der Waals surface area contributed by atoms with Crippen molar-refractivity contribution in [2.75, 3.05) is 13.7 Å². The highest BCUT2D eigenvalue weighted by Crippen LogP contribution is 1.96. The number of amides is 2. The second-order valence-electron chi connectivity index (χ2n) is 3.77. The number of urea groups is 1. The molecule has 0 radical (unpaired) electrons. The Morgan fingerprint density at radius 1 is 1.17 bits per heavy atom. The molecule has 5 nitrogen and oxygen atoms in total. The molecule has 2 N–H and O–H groups in total. The smallest absolute Gasteiger partial charge is 0.315 e. The van der Waals surface area contributed by atoms with Crippen molar-refractivity contribution in [1.29, 1.82) is 0 Å². The van der Waals surface area contributed by atoms with Gasteiger partial charge < -0.3 is 15.4 Å². The maximum Gasteiger partial charge on any atom is 0.315 e. The van der Waals surface area contributed by atoms with Gasteiger partial charge in [-0.2, -0.15) is 0 Å². The van der Waals surface area contributed by atoms with Crippen LogP contribution in [0.3, 0.4) is 0 Å². The summed E-state index contributed by atoms with van der Waals surface area (Å²) in [6.45, 7) is 0.944. The molecule has 1 rings (SSSR count). The van der Waals surface area contributed by atoms with Crippen molar-refractivity contribution in [3.8, 4) is 0 Å².